The van der Waals surface area contributed by atoms with E-state index in [2.05, 4.69) is 5.32 Å². The first-order valence-electron chi connectivity index (χ1n) is 3.24. The third-order valence-electron chi connectivity index (χ3n) is 1.64. The van der Waals surface area contributed by atoms with Crippen LogP contribution < -0.4 is 5.32 Å². The number of amides is 2. The lowest BCUT2D eigenvalue weighted by molar-refractivity contribution is 0.0879. The topological polar surface area (TPSA) is 46.2 Å². The van der Waals surface area contributed by atoms with E-state index in [4.69, 9.17) is 0 Å². The third-order valence-corrected chi connectivity index (χ3v) is 1.64. The standard InChI is InChI=1S/C8H5NO2.ClH/c10-7-5-3-1-2-4-6(5)8(11)9-7;/h1-4H,(H,9,10,11);1H. The highest BCUT2D eigenvalue weighted by Crippen LogP contribution is 2.13. The quantitative estimate of drug-likeness (QED) is 0.610. The van der Waals surface area contributed by atoms with Crippen molar-refractivity contribution < 1.29 is 9.59 Å². The van der Waals surface area contributed by atoms with Gasteiger partial charge in [0.25, 0.3) is 11.8 Å². The number of halogens is 1. The van der Waals surface area contributed by atoms with Crippen molar-refractivity contribution in [1.82, 2.24) is 5.32 Å². The molecule has 0 bridgehead atoms. The summed E-state index contributed by atoms with van der Waals surface area (Å²) in [6, 6.07) is 6.74. The molecule has 12 heavy (non-hydrogen) atoms. The zero-order chi connectivity index (χ0) is 7.84. The molecule has 0 radical (unpaired) electrons. The van der Waals surface area contributed by atoms with Crippen LogP contribution in [0.25, 0.3) is 0 Å². The highest BCUT2D eigenvalue weighted by atomic mass is 35.5. The maximum atomic E-state index is 10.9. The van der Waals surface area contributed by atoms with E-state index < -0.39 is 0 Å². The second-order valence-electron chi connectivity index (χ2n) is 2.33. The van der Waals surface area contributed by atoms with E-state index >= 15 is 0 Å². The van der Waals surface area contributed by atoms with Gasteiger partial charge in [0.05, 0.1) is 11.1 Å². The molecule has 0 aliphatic carbocycles. The summed E-state index contributed by atoms with van der Waals surface area (Å²) in [5.74, 6) is -0.601. The van der Waals surface area contributed by atoms with Crippen molar-refractivity contribution in [1.29, 1.82) is 0 Å². The second kappa shape index (κ2) is 2.95. The van der Waals surface area contributed by atoms with Gasteiger partial charge in [-0.3, -0.25) is 14.9 Å². The Kier molecular flexibility index (Phi) is 2.15. The van der Waals surface area contributed by atoms with Gasteiger partial charge in [-0.05, 0) is 12.1 Å². The van der Waals surface area contributed by atoms with Crippen LogP contribution in [0.2, 0.25) is 0 Å². The zero-order valence-electron chi connectivity index (χ0n) is 6.03. The largest absolute Gasteiger partial charge is 0.288 e. The van der Waals surface area contributed by atoms with Gasteiger partial charge < -0.3 is 0 Å². The first kappa shape index (κ1) is 8.74. The van der Waals surface area contributed by atoms with Crippen molar-refractivity contribution in [3.8, 4) is 0 Å². The fourth-order valence-electron chi connectivity index (χ4n) is 1.12. The molecule has 1 N–H and O–H groups in total. The number of fused-ring (bicyclic) bond motifs is 1. The van der Waals surface area contributed by atoms with Crippen molar-refractivity contribution in [2.45, 2.75) is 0 Å². The fourth-order valence-corrected chi connectivity index (χ4v) is 1.12. The van der Waals surface area contributed by atoms with Gasteiger partial charge in [-0.2, -0.15) is 0 Å². The van der Waals surface area contributed by atoms with Crippen molar-refractivity contribution in [2.75, 3.05) is 0 Å². The van der Waals surface area contributed by atoms with E-state index in [1.807, 2.05) is 0 Å². The lowest BCUT2D eigenvalue weighted by Crippen LogP contribution is -2.19. The number of carbonyl (C=O) groups is 2. The number of carbonyl (C=O) groups excluding carboxylic acids is 2. The van der Waals surface area contributed by atoms with Crippen molar-refractivity contribution in [3.63, 3.8) is 0 Å². The Morgan fingerprint density at radius 2 is 1.33 bits per heavy atom. The lowest BCUT2D eigenvalue weighted by Gasteiger charge is -1.88. The normalized spacial score (nSPS) is 13.3. The van der Waals surface area contributed by atoms with E-state index in [1.165, 1.54) is 0 Å². The molecule has 0 fully saturated rings. The average molecular weight is 184 g/mol. The van der Waals surface area contributed by atoms with Crippen molar-refractivity contribution in [3.05, 3.63) is 35.4 Å². The first-order valence-corrected chi connectivity index (χ1v) is 3.24. The van der Waals surface area contributed by atoms with Gasteiger partial charge in [0, 0.05) is 0 Å². The minimum atomic E-state index is -0.300. The average Bonchev–Trinajstić information content (AvgIpc) is 2.30. The minimum absolute atomic E-state index is 0. The Bertz CT molecular complexity index is 316. The Labute approximate surface area is 75.2 Å². The van der Waals surface area contributed by atoms with Gasteiger partial charge in [-0.1, -0.05) is 12.1 Å². The molecule has 3 nitrogen and oxygen atoms in total. The van der Waals surface area contributed by atoms with E-state index in [1.54, 1.807) is 24.3 Å². The molecule has 0 atom stereocenters. The maximum Gasteiger partial charge on any atom is 0.258 e. The van der Waals surface area contributed by atoms with Gasteiger partial charge >= 0.3 is 0 Å². The van der Waals surface area contributed by atoms with Gasteiger partial charge in [0.1, 0.15) is 0 Å². The molecular formula is C8H6ClNO2. The number of imide groups is 1. The van der Waals surface area contributed by atoms with E-state index in [0.717, 1.165) is 0 Å². The number of hydrogen-bond donors (Lipinski definition) is 1. The molecule has 2 amide bonds. The number of rotatable bonds is 0. The summed E-state index contributed by atoms with van der Waals surface area (Å²) in [6.45, 7) is 0. The first-order chi connectivity index (χ1) is 5.29. The number of hydrogen-bond acceptors (Lipinski definition) is 2. The van der Waals surface area contributed by atoms with Gasteiger partial charge in [-0.25, -0.2) is 0 Å². The van der Waals surface area contributed by atoms with Gasteiger partial charge in [0.15, 0.2) is 0 Å². The Balaban J connectivity index is 0.000000720. The minimum Gasteiger partial charge on any atom is -0.288 e. The molecule has 0 unspecified atom stereocenters. The number of nitrogens with one attached hydrogen (secondary N) is 1. The Hall–Kier alpha value is -1.35. The molecule has 0 spiro atoms. The van der Waals surface area contributed by atoms with E-state index in [-0.39, 0.29) is 24.2 Å². The zero-order valence-corrected chi connectivity index (χ0v) is 6.85. The molecule has 0 aromatic heterocycles. The summed E-state index contributed by atoms with van der Waals surface area (Å²) < 4.78 is 0. The summed E-state index contributed by atoms with van der Waals surface area (Å²) in [7, 11) is 0. The molecule has 0 saturated carbocycles. The van der Waals surface area contributed by atoms with Crippen molar-refractivity contribution in [2.24, 2.45) is 0 Å². The molecule has 1 aliphatic heterocycles. The van der Waals surface area contributed by atoms with Crippen LogP contribution in [0, 0.1) is 0 Å². The Morgan fingerprint density at radius 1 is 0.917 bits per heavy atom. The predicted octanol–water partition coefficient (Wildman–Crippen LogP) is 0.992. The van der Waals surface area contributed by atoms with Crippen LogP contribution >= 0.6 is 12.4 Å². The highest BCUT2D eigenvalue weighted by Gasteiger charge is 2.25. The molecule has 1 aromatic carbocycles. The van der Waals surface area contributed by atoms with Crippen LogP contribution in [0.5, 0.6) is 0 Å². The molecule has 4 heteroatoms. The molecular weight excluding hydrogens is 178 g/mol. The molecule has 62 valence electrons. The summed E-state index contributed by atoms with van der Waals surface area (Å²) in [5, 5.41) is 2.20. The molecule has 2 rings (SSSR count). The van der Waals surface area contributed by atoms with Crippen molar-refractivity contribution >= 4 is 24.2 Å². The van der Waals surface area contributed by atoms with Crippen LogP contribution in [0.1, 0.15) is 20.7 Å². The van der Waals surface area contributed by atoms with Crippen LogP contribution in [0.4, 0.5) is 0 Å². The summed E-state index contributed by atoms with van der Waals surface area (Å²) in [5.41, 5.74) is 0.940. The summed E-state index contributed by atoms with van der Waals surface area (Å²) in [6.07, 6.45) is 0. The highest BCUT2D eigenvalue weighted by molar-refractivity contribution is 6.21. The summed E-state index contributed by atoms with van der Waals surface area (Å²) in [4.78, 5) is 21.9. The maximum absolute atomic E-state index is 10.9. The monoisotopic (exact) mass is 183 g/mol. The molecule has 1 aliphatic rings. The van der Waals surface area contributed by atoms with Gasteiger partial charge in [-0.15, -0.1) is 12.4 Å². The van der Waals surface area contributed by atoms with Crippen LogP contribution in [0.3, 0.4) is 0 Å². The SMILES string of the molecule is Cl.O=C1NC(=O)c2ccccc21. The van der Waals surface area contributed by atoms with Crippen LogP contribution in [0.15, 0.2) is 24.3 Å². The molecule has 0 saturated heterocycles. The molecule has 1 aromatic rings. The predicted molar refractivity (Wildman–Crippen MR) is 45.5 cm³/mol. The lowest BCUT2D eigenvalue weighted by atomic mass is 10.1. The smallest absolute Gasteiger partial charge is 0.258 e. The van der Waals surface area contributed by atoms with Crippen LogP contribution in [-0.4, -0.2) is 11.8 Å². The summed E-state index contributed by atoms with van der Waals surface area (Å²) >= 11 is 0. The number of benzene rings is 1. The van der Waals surface area contributed by atoms with Crippen LogP contribution in [-0.2, 0) is 0 Å². The van der Waals surface area contributed by atoms with E-state index in [0.29, 0.717) is 11.1 Å². The van der Waals surface area contributed by atoms with E-state index in [9.17, 15) is 9.59 Å². The Morgan fingerprint density at radius 3 is 1.75 bits per heavy atom. The second-order valence-corrected chi connectivity index (χ2v) is 2.33. The fraction of sp³-hybridized carbons (Fsp3) is 0. The third kappa shape index (κ3) is 1.08. The van der Waals surface area contributed by atoms with Gasteiger partial charge in [0.2, 0.25) is 0 Å². The molecule has 1 heterocycles.